The fourth-order valence-electron chi connectivity index (χ4n) is 3.47. The van der Waals surface area contributed by atoms with Gasteiger partial charge in [0, 0.05) is 27.9 Å². The number of benzene rings is 1. The molecule has 1 amide bonds. The van der Waals surface area contributed by atoms with Gasteiger partial charge >= 0.3 is 0 Å². The largest absolute Gasteiger partial charge is 0.326 e. The van der Waals surface area contributed by atoms with Crippen molar-refractivity contribution in [1.82, 2.24) is 0 Å². The van der Waals surface area contributed by atoms with Gasteiger partial charge in [-0.1, -0.05) is 22.4 Å². The van der Waals surface area contributed by atoms with Gasteiger partial charge in [-0.05, 0) is 49.9 Å². The molecule has 3 rings (SSSR count). The number of Topliss-reactive ketones (excluding diaryl/α,β-unsaturated/α-hetero) is 1. The number of carbonyl (C=O) groups excluding carboxylic acids is 2. The van der Waals surface area contributed by atoms with E-state index in [-0.39, 0.29) is 23.7 Å². The fourth-order valence-corrected chi connectivity index (χ4v) is 3.74. The summed E-state index contributed by atoms with van der Waals surface area (Å²) in [5.41, 5.74) is 0.820. The summed E-state index contributed by atoms with van der Waals surface area (Å²) in [5.74, 6) is 0.721. The number of amides is 1. The van der Waals surface area contributed by atoms with Crippen molar-refractivity contribution in [2.75, 3.05) is 5.32 Å². The highest BCUT2D eigenvalue weighted by atomic mass is 79.9. The van der Waals surface area contributed by atoms with Crippen LogP contribution in [0.4, 0.5) is 5.69 Å². The Balaban J connectivity index is 1.66. The van der Waals surface area contributed by atoms with Crippen molar-refractivity contribution < 1.29 is 9.59 Å². The van der Waals surface area contributed by atoms with Gasteiger partial charge in [0.05, 0.1) is 0 Å². The molecule has 0 saturated heterocycles. The summed E-state index contributed by atoms with van der Waals surface area (Å²) >= 11 is 3.38. The van der Waals surface area contributed by atoms with Crippen LogP contribution in [0.5, 0.6) is 0 Å². The predicted octanol–water partition coefficient (Wildman–Crippen LogP) is 3.78. The summed E-state index contributed by atoms with van der Waals surface area (Å²) in [7, 11) is 0. The van der Waals surface area contributed by atoms with E-state index >= 15 is 0 Å². The molecule has 0 aromatic heterocycles. The minimum atomic E-state index is -0.00773. The molecule has 1 N–H and O–H groups in total. The second-order valence-corrected chi connectivity index (χ2v) is 6.81. The monoisotopic (exact) mass is 335 g/mol. The standard InChI is InChI=1S/C16H18BrNO2/c17-13-4-6-14(7-5-13)18-16(20)12-8-10-2-1-3-11(9-12)15(10)19/h4-7,10-12H,1-3,8-9H2,(H,18,20)/t10-,11-/m0/s1. The number of anilines is 1. The van der Waals surface area contributed by atoms with Crippen LogP contribution >= 0.6 is 15.9 Å². The molecule has 1 aromatic rings. The van der Waals surface area contributed by atoms with Crippen LogP contribution in [0, 0.1) is 17.8 Å². The van der Waals surface area contributed by atoms with Crippen LogP contribution < -0.4 is 5.32 Å². The number of fused-ring (bicyclic) bond motifs is 2. The van der Waals surface area contributed by atoms with Gasteiger partial charge in [0.2, 0.25) is 5.91 Å². The third kappa shape index (κ3) is 2.80. The molecule has 2 aliphatic rings. The normalized spacial score (nSPS) is 29.1. The van der Waals surface area contributed by atoms with E-state index in [0.29, 0.717) is 5.78 Å². The van der Waals surface area contributed by atoms with Crippen LogP contribution in [-0.2, 0) is 9.59 Å². The molecule has 2 fully saturated rings. The van der Waals surface area contributed by atoms with E-state index in [0.717, 1.165) is 42.3 Å². The number of hydrogen-bond acceptors (Lipinski definition) is 2. The van der Waals surface area contributed by atoms with Gasteiger partial charge in [-0.15, -0.1) is 0 Å². The molecule has 2 aliphatic carbocycles. The Kier molecular flexibility index (Phi) is 3.92. The molecule has 0 unspecified atom stereocenters. The molecule has 3 nitrogen and oxygen atoms in total. The zero-order valence-electron chi connectivity index (χ0n) is 11.3. The Labute approximate surface area is 127 Å². The number of halogens is 1. The average molecular weight is 336 g/mol. The summed E-state index contributed by atoms with van der Waals surface area (Å²) < 4.78 is 0.994. The molecule has 0 radical (unpaired) electrons. The Hall–Kier alpha value is -1.16. The maximum atomic E-state index is 12.4. The second kappa shape index (κ2) is 5.68. The topological polar surface area (TPSA) is 46.2 Å². The number of carbonyl (C=O) groups is 2. The van der Waals surface area contributed by atoms with Gasteiger partial charge in [0.25, 0.3) is 0 Å². The maximum Gasteiger partial charge on any atom is 0.227 e. The number of nitrogens with one attached hydrogen (secondary N) is 1. The predicted molar refractivity (Wildman–Crippen MR) is 81.3 cm³/mol. The van der Waals surface area contributed by atoms with Gasteiger partial charge in [-0.3, -0.25) is 9.59 Å². The Morgan fingerprint density at radius 2 is 1.70 bits per heavy atom. The van der Waals surface area contributed by atoms with Crippen LogP contribution in [0.1, 0.15) is 32.1 Å². The average Bonchev–Trinajstić information content (AvgIpc) is 2.41. The van der Waals surface area contributed by atoms with E-state index in [1.807, 2.05) is 24.3 Å². The van der Waals surface area contributed by atoms with Crippen molar-refractivity contribution in [3.05, 3.63) is 28.7 Å². The summed E-state index contributed by atoms with van der Waals surface area (Å²) in [5, 5.41) is 2.97. The van der Waals surface area contributed by atoms with Crippen molar-refractivity contribution in [3.63, 3.8) is 0 Å². The molecular weight excluding hydrogens is 318 g/mol. The molecule has 2 atom stereocenters. The highest BCUT2D eigenvalue weighted by Gasteiger charge is 2.41. The van der Waals surface area contributed by atoms with Crippen LogP contribution in [-0.4, -0.2) is 11.7 Å². The van der Waals surface area contributed by atoms with Crippen molar-refractivity contribution in [2.24, 2.45) is 17.8 Å². The van der Waals surface area contributed by atoms with Crippen LogP contribution in [0.25, 0.3) is 0 Å². The lowest BCUT2D eigenvalue weighted by Gasteiger charge is -2.36. The van der Waals surface area contributed by atoms with Gasteiger partial charge in [-0.25, -0.2) is 0 Å². The molecule has 2 saturated carbocycles. The SMILES string of the molecule is O=C(Nc1ccc(Br)cc1)C1C[C@@H]2CCC[C@@H](C1)C2=O. The smallest absolute Gasteiger partial charge is 0.227 e. The zero-order chi connectivity index (χ0) is 14.1. The molecule has 2 bridgehead atoms. The highest BCUT2D eigenvalue weighted by molar-refractivity contribution is 9.10. The number of hydrogen-bond donors (Lipinski definition) is 1. The van der Waals surface area contributed by atoms with Crippen LogP contribution in [0.2, 0.25) is 0 Å². The lowest BCUT2D eigenvalue weighted by molar-refractivity contribution is -0.136. The first-order valence-electron chi connectivity index (χ1n) is 7.23. The van der Waals surface area contributed by atoms with Gasteiger partial charge in [-0.2, -0.15) is 0 Å². The summed E-state index contributed by atoms with van der Waals surface area (Å²) in [6.07, 6.45) is 4.55. The highest BCUT2D eigenvalue weighted by Crippen LogP contribution is 2.40. The second-order valence-electron chi connectivity index (χ2n) is 5.89. The number of rotatable bonds is 2. The molecular formula is C16H18BrNO2. The van der Waals surface area contributed by atoms with E-state index in [9.17, 15) is 9.59 Å². The first-order chi connectivity index (χ1) is 9.63. The lowest BCUT2D eigenvalue weighted by atomic mass is 9.67. The first-order valence-corrected chi connectivity index (χ1v) is 8.03. The van der Waals surface area contributed by atoms with E-state index in [1.165, 1.54) is 0 Å². The molecule has 0 heterocycles. The summed E-state index contributed by atoms with van der Waals surface area (Å²) in [6.45, 7) is 0. The molecule has 20 heavy (non-hydrogen) atoms. The van der Waals surface area contributed by atoms with E-state index in [4.69, 9.17) is 0 Å². The third-order valence-corrected chi connectivity index (χ3v) is 5.06. The quantitative estimate of drug-likeness (QED) is 0.893. The number of ketones is 1. The third-order valence-electron chi connectivity index (χ3n) is 4.53. The Morgan fingerprint density at radius 3 is 2.30 bits per heavy atom. The minimum absolute atomic E-state index is 0.00773. The van der Waals surface area contributed by atoms with Crippen molar-refractivity contribution >= 4 is 33.3 Å². The molecule has 4 heteroatoms. The van der Waals surface area contributed by atoms with Gasteiger partial charge in [0.1, 0.15) is 5.78 Å². The first kappa shape index (κ1) is 13.8. The van der Waals surface area contributed by atoms with Crippen LogP contribution in [0.3, 0.4) is 0 Å². The molecule has 0 aliphatic heterocycles. The van der Waals surface area contributed by atoms with Crippen molar-refractivity contribution in [1.29, 1.82) is 0 Å². The van der Waals surface area contributed by atoms with Crippen molar-refractivity contribution in [2.45, 2.75) is 32.1 Å². The van der Waals surface area contributed by atoms with Crippen LogP contribution in [0.15, 0.2) is 28.7 Å². The summed E-state index contributed by atoms with van der Waals surface area (Å²) in [6, 6.07) is 7.59. The molecule has 0 spiro atoms. The summed E-state index contributed by atoms with van der Waals surface area (Å²) in [4.78, 5) is 24.4. The van der Waals surface area contributed by atoms with Gasteiger partial charge in [0.15, 0.2) is 0 Å². The Bertz CT molecular complexity index is 510. The van der Waals surface area contributed by atoms with Gasteiger partial charge < -0.3 is 5.32 Å². The zero-order valence-corrected chi connectivity index (χ0v) is 12.9. The van der Waals surface area contributed by atoms with Crippen molar-refractivity contribution in [3.8, 4) is 0 Å². The lowest BCUT2D eigenvalue weighted by Crippen LogP contribution is -2.40. The Morgan fingerprint density at radius 1 is 1.10 bits per heavy atom. The van der Waals surface area contributed by atoms with E-state index in [2.05, 4.69) is 21.2 Å². The maximum absolute atomic E-state index is 12.4. The fraction of sp³-hybridized carbons (Fsp3) is 0.500. The minimum Gasteiger partial charge on any atom is -0.326 e. The van der Waals surface area contributed by atoms with E-state index in [1.54, 1.807) is 0 Å². The van der Waals surface area contributed by atoms with E-state index < -0.39 is 0 Å². The molecule has 106 valence electrons. The molecule has 1 aromatic carbocycles.